The number of rotatable bonds is 3. The summed E-state index contributed by atoms with van der Waals surface area (Å²) in [4.78, 5) is 23.1. The molecule has 29 heavy (non-hydrogen) atoms. The first-order valence-electron chi connectivity index (χ1n) is 9.72. The molecule has 7 heteroatoms. The maximum Gasteiger partial charge on any atom is 0.255 e. The molecule has 2 N–H and O–H groups in total. The molecule has 1 saturated heterocycles. The number of carbonyl (C=O) groups excluding carboxylic acids is 1. The lowest BCUT2D eigenvalue weighted by molar-refractivity contribution is 0.102. The van der Waals surface area contributed by atoms with Crippen LogP contribution in [0.3, 0.4) is 0 Å². The molecule has 1 aliphatic rings. The molecular formula is C22H22N4O2S. The van der Waals surface area contributed by atoms with Crippen LogP contribution in [0.15, 0.2) is 36.4 Å². The van der Waals surface area contributed by atoms with Crippen molar-refractivity contribution >= 4 is 49.2 Å². The summed E-state index contributed by atoms with van der Waals surface area (Å²) in [5, 5.41) is 5.12. The zero-order valence-electron chi connectivity index (χ0n) is 16.4. The number of hydrogen-bond donors (Lipinski definition) is 2. The zero-order chi connectivity index (χ0) is 20.0. The molecule has 0 atom stereocenters. The first kappa shape index (κ1) is 18.1. The summed E-state index contributed by atoms with van der Waals surface area (Å²) in [5.41, 5.74) is 5.74. The van der Waals surface area contributed by atoms with Crippen LogP contribution < -0.4 is 10.2 Å². The molecule has 1 aliphatic heterocycles. The van der Waals surface area contributed by atoms with Crippen LogP contribution in [0.1, 0.15) is 21.6 Å². The molecule has 5 rings (SSSR count). The summed E-state index contributed by atoms with van der Waals surface area (Å²) >= 11 is 1.65. The minimum absolute atomic E-state index is 0.109. The van der Waals surface area contributed by atoms with Gasteiger partial charge >= 0.3 is 0 Å². The van der Waals surface area contributed by atoms with Gasteiger partial charge in [0.05, 0.1) is 23.4 Å². The van der Waals surface area contributed by atoms with Crippen molar-refractivity contribution in [2.45, 2.75) is 13.8 Å². The molecule has 1 amide bonds. The number of fused-ring (bicyclic) bond motifs is 2. The number of nitrogens with zero attached hydrogens (tertiary/aromatic N) is 2. The maximum atomic E-state index is 12.8. The summed E-state index contributed by atoms with van der Waals surface area (Å²) in [7, 11) is 0. The van der Waals surface area contributed by atoms with Gasteiger partial charge in [0.1, 0.15) is 0 Å². The zero-order valence-corrected chi connectivity index (χ0v) is 17.2. The third-order valence-electron chi connectivity index (χ3n) is 5.49. The Morgan fingerprint density at radius 1 is 1.17 bits per heavy atom. The summed E-state index contributed by atoms with van der Waals surface area (Å²) in [5.74, 6) is -0.109. The third kappa shape index (κ3) is 3.36. The van der Waals surface area contributed by atoms with Gasteiger partial charge in [0.25, 0.3) is 5.91 Å². The Morgan fingerprint density at radius 2 is 2.00 bits per heavy atom. The molecule has 0 bridgehead atoms. The average Bonchev–Trinajstić information content (AvgIpc) is 3.29. The van der Waals surface area contributed by atoms with Gasteiger partial charge in [0, 0.05) is 40.9 Å². The van der Waals surface area contributed by atoms with Gasteiger partial charge in [-0.3, -0.25) is 4.79 Å². The van der Waals surface area contributed by atoms with Crippen molar-refractivity contribution in [1.29, 1.82) is 0 Å². The Kier molecular flexibility index (Phi) is 4.49. The highest BCUT2D eigenvalue weighted by Crippen LogP contribution is 2.31. The Hall–Kier alpha value is -2.90. The van der Waals surface area contributed by atoms with Crippen molar-refractivity contribution in [3.8, 4) is 0 Å². The van der Waals surface area contributed by atoms with Crippen LogP contribution in [0.5, 0.6) is 0 Å². The summed E-state index contributed by atoms with van der Waals surface area (Å²) in [6, 6.07) is 11.6. The summed E-state index contributed by atoms with van der Waals surface area (Å²) in [6.07, 6.45) is 0. The second-order valence-electron chi connectivity index (χ2n) is 7.37. The lowest BCUT2D eigenvalue weighted by Gasteiger charge is -2.25. The molecule has 0 aliphatic carbocycles. The van der Waals surface area contributed by atoms with E-state index in [1.54, 1.807) is 11.3 Å². The van der Waals surface area contributed by atoms with Crippen molar-refractivity contribution in [2.75, 3.05) is 36.5 Å². The molecule has 2 aromatic heterocycles. The van der Waals surface area contributed by atoms with Gasteiger partial charge in [0.2, 0.25) is 0 Å². The fourth-order valence-electron chi connectivity index (χ4n) is 3.69. The SMILES string of the molecule is Cc1[nH]c2ccc(C(=O)Nc3ccc4nc(N5CCOCC5)sc4c3)cc2c1C. The Bertz CT molecular complexity index is 1220. The number of thiazole rings is 1. The van der Waals surface area contributed by atoms with Crippen LogP contribution in [0.2, 0.25) is 0 Å². The fraction of sp³-hybridized carbons (Fsp3) is 0.273. The predicted octanol–water partition coefficient (Wildman–Crippen LogP) is 4.48. The van der Waals surface area contributed by atoms with E-state index in [-0.39, 0.29) is 5.91 Å². The largest absolute Gasteiger partial charge is 0.378 e. The number of aryl methyl sites for hydroxylation is 2. The summed E-state index contributed by atoms with van der Waals surface area (Å²) in [6.45, 7) is 7.32. The van der Waals surface area contributed by atoms with Crippen LogP contribution in [-0.4, -0.2) is 42.2 Å². The Morgan fingerprint density at radius 3 is 2.83 bits per heavy atom. The van der Waals surface area contributed by atoms with E-state index in [1.807, 2.05) is 43.3 Å². The number of benzene rings is 2. The molecule has 6 nitrogen and oxygen atoms in total. The van der Waals surface area contributed by atoms with Gasteiger partial charge < -0.3 is 19.9 Å². The quantitative estimate of drug-likeness (QED) is 0.526. The van der Waals surface area contributed by atoms with Crippen LogP contribution in [-0.2, 0) is 4.74 Å². The van der Waals surface area contributed by atoms with Crippen LogP contribution in [0, 0.1) is 13.8 Å². The molecule has 0 spiro atoms. The van der Waals surface area contributed by atoms with Crippen molar-refractivity contribution in [3.05, 3.63) is 53.2 Å². The lowest BCUT2D eigenvalue weighted by Crippen LogP contribution is -2.36. The number of amides is 1. The second kappa shape index (κ2) is 7.17. The van der Waals surface area contributed by atoms with E-state index < -0.39 is 0 Å². The van der Waals surface area contributed by atoms with Gasteiger partial charge in [0.15, 0.2) is 5.13 Å². The highest BCUT2D eigenvalue weighted by molar-refractivity contribution is 7.22. The predicted molar refractivity (Wildman–Crippen MR) is 118 cm³/mol. The fourth-order valence-corrected chi connectivity index (χ4v) is 4.74. The van der Waals surface area contributed by atoms with Crippen LogP contribution in [0.4, 0.5) is 10.8 Å². The lowest BCUT2D eigenvalue weighted by atomic mass is 10.1. The molecule has 4 aromatic rings. The topological polar surface area (TPSA) is 70.2 Å². The van der Waals surface area contributed by atoms with Crippen LogP contribution >= 0.6 is 11.3 Å². The van der Waals surface area contributed by atoms with Crippen LogP contribution in [0.25, 0.3) is 21.1 Å². The molecule has 0 unspecified atom stereocenters. The standard InChI is InChI=1S/C22H22N4O2S/c1-13-14(2)23-18-5-3-15(11-17(13)18)21(27)24-16-4-6-19-20(12-16)29-22(25-19)26-7-9-28-10-8-26/h3-6,11-12,23H,7-10H2,1-2H3,(H,24,27). The van der Waals surface area contributed by atoms with Gasteiger partial charge in [-0.05, 0) is 55.8 Å². The molecule has 0 radical (unpaired) electrons. The van der Waals surface area contributed by atoms with Crippen molar-refractivity contribution < 1.29 is 9.53 Å². The van der Waals surface area contributed by atoms with E-state index >= 15 is 0 Å². The van der Waals surface area contributed by atoms with Gasteiger partial charge in [-0.2, -0.15) is 0 Å². The van der Waals surface area contributed by atoms with E-state index in [0.717, 1.165) is 63.9 Å². The van der Waals surface area contributed by atoms with E-state index in [0.29, 0.717) is 5.56 Å². The molecule has 3 heterocycles. The highest BCUT2D eigenvalue weighted by atomic mass is 32.1. The Balaban J connectivity index is 1.39. The first-order chi connectivity index (χ1) is 14.1. The molecule has 2 aromatic carbocycles. The monoisotopic (exact) mass is 406 g/mol. The number of aromatic amines is 1. The average molecular weight is 407 g/mol. The Labute approximate surface area is 172 Å². The van der Waals surface area contributed by atoms with Crippen molar-refractivity contribution in [2.24, 2.45) is 0 Å². The highest BCUT2D eigenvalue weighted by Gasteiger charge is 2.16. The van der Waals surface area contributed by atoms with E-state index in [2.05, 4.69) is 22.1 Å². The number of hydrogen-bond acceptors (Lipinski definition) is 5. The minimum Gasteiger partial charge on any atom is -0.378 e. The third-order valence-corrected chi connectivity index (χ3v) is 6.57. The van der Waals surface area contributed by atoms with Crippen molar-refractivity contribution in [3.63, 3.8) is 0 Å². The van der Waals surface area contributed by atoms with Gasteiger partial charge in [-0.25, -0.2) is 4.98 Å². The summed E-state index contributed by atoms with van der Waals surface area (Å²) < 4.78 is 6.49. The number of nitrogens with one attached hydrogen (secondary N) is 2. The number of morpholine rings is 1. The molecule has 148 valence electrons. The molecule has 1 fully saturated rings. The van der Waals surface area contributed by atoms with E-state index in [9.17, 15) is 4.79 Å². The van der Waals surface area contributed by atoms with E-state index in [1.165, 1.54) is 5.56 Å². The van der Waals surface area contributed by atoms with Crippen molar-refractivity contribution in [1.82, 2.24) is 9.97 Å². The normalized spacial score (nSPS) is 14.6. The number of H-pyrrole nitrogens is 1. The van der Waals surface area contributed by atoms with Gasteiger partial charge in [-0.1, -0.05) is 11.3 Å². The maximum absolute atomic E-state index is 12.8. The number of carbonyl (C=O) groups is 1. The number of ether oxygens (including phenoxy) is 1. The van der Waals surface area contributed by atoms with Gasteiger partial charge in [-0.15, -0.1) is 0 Å². The van der Waals surface area contributed by atoms with E-state index in [4.69, 9.17) is 9.72 Å². The number of aromatic nitrogens is 2. The smallest absolute Gasteiger partial charge is 0.255 e. The molecular weight excluding hydrogens is 384 g/mol. The first-order valence-corrected chi connectivity index (χ1v) is 10.5. The minimum atomic E-state index is -0.109. The number of anilines is 2. The molecule has 0 saturated carbocycles. The second-order valence-corrected chi connectivity index (χ2v) is 8.38.